The number of hydrogen-bond donors (Lipinski definition) is 1. The normalized spacial score (nSPS) is 19.4. The molecule has 2 heterocycles. The van der Waals surface area contributed by atoms with Gasteiger partial charge in [-0.15, -0.1) is 0 Å². The Hall–Kier alpha value is -0.970. The lowest BCUT2D eigenvalue weighted by molar-refractivity contribution is 0.635. The molecule has 2 rings (SSSR count). The summed E-state index contributed by atoms with van der Waals surface area (Å²) in [7, 11) is 0. The van der Waals surface area contributed by atoms with Gasteiger partial charge in [-0.05, 0) is 19.4 Å². The number of hydrogen-bond acceptors (Lipinski definition) is 5. The van der Waals surface area contributed by atoms with E-state index >= 15 is 0 Å². The molecule has 0 amide bonds. The van der Waals surface area contributed by atoms with Gasteiger partial charge in [-0.1, -0.05) is 13.8 Å². The van der Waals surface area contributed by atoms with Gasteiger partial charge in [0.15, 0.2) is 0 Å². The number of anilines is 2. The molecule has 1 aliphatic rings. The SMILES string of the molecule is CCNc1nccc(N2CCSC(C)(C)CC2)n1. The lowest BCUT2D eigenvalue weighted by atomic mass is 10.1. The van der Waals surface area contributed by atoms with Gasteiger partial charge in [0, 0.05) is 36.3 Å². The predicted octanol–water partition coefficient (Wildman–Crippen LogP) is 2.63. The van der Waals surface area contributed by atoms with Crippen molar-refractivity contribution in [3.8, 4) is 0 Å². The molecule has 1 saturated heterocycles. The summed E-state index contributed by atoms with van der Waals surface area (Å²) in [6.45, 7) is 9.70. The fourth-order valence-corrected chi connectivity index (χ4v) is 3.12. The van der Waals surface area contributed by atoms with Gasteiger partial charge in [0.25, 0.3) is 0 Å². The highest BCUT2D eigenvalue weighted by atomic mass is 32.2. The zero-order valence-electron chi connectivity index (χ0n) is 11.4. The van der Waals surface area contributed by atoms with Crippen molar-refractivity contribution in [3.63, 3.8) is 0 Å². The Kier molecular flexibility index (Phi) is 4.32. The molecule has 18 heavy (non-hydrogen) atoms. The van der Waals surface area contributed by atoms with E-state index in [9.17, 15) is 0 Å². The Morgan fingerprint density at radius 1 is 1.44 bits per heavy atom. The zero-order chi connectivity index (χ0) is 13.0. The summed E-state index contributed by atoms with van der Waals surface area (Å²) in [5, 5.41) is 3.16. The van der Waals surface area contributed by atoms with Crippen LogP contribution in [0, 0.1) is 0 Å². The van der Waals surface area contributed by atoms with Crippen LogP contribution in [0.15, 0.2) is 12.3 Å². The number of nitrogens with one attached hydrogen (secondary N) is 1. The van der Waals surface area contributed by atoms with E-state index in [1.54, 1.807) is 0 Å². The summed E-state index contributed by atoms with van der Waals surface area (Å²) >= 11 is 2.05. The van der Waals surface area contributed by atoms with E-state index in [1.165, 1.54) is 6.42 Å². The van der Waals surface area contributed by atoms with Gasteiger partial charge in [0.05, 0.1) is 0 Å². The van der Waals surface area contributed by atoms with E-state index in [2.05, 4.69) is 52.7 Å². The summed E-state index contributed by atoms with van der Waals surface area (Å²) in [5.74, 6) is 2.93. The Morgan fingerprint density at radius 2 is 2.28 bits per heavy atom. The van der Waals surface area contributed by atoms with Crippen LogP contribution in [0.1, 0.15) is 27.2 Å². The summed E-state index contributed by atoms with van der Waals surface area (Å²) in [6, 6.07) is 2.00. The molecule has 1 N–H and O–H groups in total. The van der Waals surface area contributed by atoms with Crippen molar-refractivity contribution < 1.29 is 0 Å². The number of aromatic nitrogens is 2. The van der Waals surface area contributed by atoms with Crippen molar-refractivity contribution in [2.45, 2.75) is 31.9 Å². The summed E-state index contributed by atoms with van der Waals surface area (Å²) in [5.41, 5.74) is 0. The molecule has 1 aromatic heterocycles. The predicted molar refractivity (Wildman–Crippen MR) is 79.6 cm³/mol. The molecule has 5 heteroatoms. The molecule has 0 radical (unpaired) electrons. The van der Waals surface area contributed by atoms with Gasteiger partial charge in [-0.3, -0.25) is 0 Å². The Morgan fingerprint density at radius 3 is 3.06 bits per heavy atom. The minimum atomic E-state index is 0.381. The van der Waals surface area contributed by atoms with Gasteiger partial charge in [-0.2, -0.15) is 16.7 Å². The highest BCUT2D eigenvalue weighted by Gasteiger charge is 2.24. The maximum atomic E-state index is 4.57. The average molecular weight is 266 g/mol. The summed E-state index contributed by atoms with van der Waals surface area (Å²) < 4.78 is 0.381. The van der Waals surface area contributed by atoms with Crippen molar-refractivity contribution in [1.82, 2.24) is 9.97 Å². The first-order chi connectivity index (χ1) is 8.61. The molecule has 100 valence electrons. The first-order valence-electron chi connectivity index (χ1n) is 6.56. The smallest absolute Gasteiger partial charge is 0.224 e. The number of thioether (sulfide) groups is 1. The molecule has 1 aliphatic heterocycles. The van der Waals surface area contributed by atoms with Crippen LogP contribution >= 0.6 is 11.8 Å². The quantitative estimate of drug-likeness (QED) is 0.911. The van der Waals surface area contributed by atoms with E-state index in [4.69, 9.17) is 0 Å². The van der Waals surface area contributed by atoms with Crippen LogP contribution in [-0.4, -0.2) is 40.1 Å². The molecule has 1 aromatic rings. The van der Waals surface area contributed by atoms with Gasteiger partial charge in [0.1, 0.15) is 5.82 Å². The summed E-state index contributed by atoms with van der Waals surface area (Å²) in [4.78, 5) is 11.2. The molecule has 0 spiro atoms. The van der Waals surface area contributed by atoms with Crippen molar-refractivity contribution in [1.29, 1.82) is 0 Å². The van der Waals surface area contributed by atoms with Crippen molar-refractivity contribution in [2.24, 2.45) is 0 Å². The molecular weight excluding hydrogens is 244 g/mol. The molecule has 0 bridgehead atoms. The maximum absolute atomic E-state index is 4.57. The first-order valence-corrected chi connectivity index (χ1v) is 7.55. The highest BCUT2D eigenvalue weighted by molar-refractivity contribution is 8.00. The topological polar surface area (TPSA) is 41.1 Å². The van der Waals surface area contributed by atoms with Crippen LogP contribution in [0.5, 0.6) is 0 Å². The van der Waals surface area contributed by atoms with Gasteiger partial charge in [0.2, 0.25) is 5.95 Å². The lowest BCUT2D eigenvalue weighted by Gasteiger charge is -2.23. The van der Waals surface area contributed by atoms with Crippen molar-refractivity contribution in [2.75, 3.05) is 35.6 Å². The van der Waals surface area contributed by atoms with Crippen LogP contribution in [0.25, 0.3) is 0 Å². The fourth-order valence-electron chi connectivity index (χ4n) is 2.02. The minimum Gasteiger partial charge on any atom is -0.356 e. The van der Waals surface area contributed by atoms with Crippen LogP contribution in [0.3, 0.4) is 0 Å². The highest BCUT2D eigenvalue weighted by Crippen LogP contribution is 2.31. The fraction of sp³-hybridized carbons (Fsp3) is 0.692. The van der Waals surface area contributed by atoms with Crippen molar-refractivity contribution >= 4 is 23.5 Å². The third-order valence-corrected chi connectivity index (χ3v) is 4.51. The standard InChI is InChI=1S/C13H22N4S/c1-4-14-12-15-7-5-11(16-12)17-8-6-13(2,3)18-10-9-17/h5,7H,4,6,8-10H2,1-3H3,(H,14,15,16). The van der Waals surface area contributed by atoms with E-state index in [0.29, 0.717) is 4.75 Å². The molecule has 1 fully saturated rings. The zero-order valence-corrected chi connectivity index (χ0v) is 12.3. The van der Waals surface area contributed by atoms with Crippen molar-refractivity contribution in [3.05, 3.63) is 12.3 Å². The maximum Gasteiger partial charge on any atom is 0.224 e. The van der Waals surface area contributed by atoms with Gasteiger partial charge in [-0.25, -0.2) is 4.98 Å². The largest absolute Gasteiger partial charge is 0.356 e. The van der Waals surface area contributed by atoms with E-state index in [1.807, 2.05) is 12.3 Å². The minimum absolute atomic E-state index is 0.381. The molecule has 0 unspecified atom stereocenters. The number of rotatable bonds is 3. The second-order valence-electron chi connectivity index (χ2n) is 5.11. The van der Waals surface area contributed by atoms with Crippen LogP contribution in [-0.2, 0) is 0 Å². The Labute approximate surface area is 114 Å². The lowest BCUT2D eigenvalue weighted by Crippen LogP contribution is -2.28. The second-order valence-corrected chi connectivity index (χ2v) is 6.92. The third kappa shape index (κ3) is 3.51. The molecule has 4 nitrogen and oxygen atoms in total. The first kappa shape index (κ1) is 13.5. The third-order valence-electron chi connectivity index (χ3n) is 3.14. The van der Waals surface area contributed by atoms with E-state index in [0.717, 1.165) is 37.2 Å². The van der Waals surface area contributed by atoms with E-state index in [-0.39, 0.29) is 0 Å². The molecular formula is C13H22N4S. The monoisotopic (exact) mass is 266 g/mol. The van der Waals surface area contributed by atoms with Crippen LogP contribution in [0.2, 0.25) is 0 Å². The van der Waals surface area contributed by atoms with Gasteiger partial charge < -0.3 is 10.2 Å². The van der Waals surface area contributed by atoms with Gasteiger partial charge >= 0.3 is 0 Å². The average Bonchev–Trinajstić information content (AvgIpc) is 2.51. The number of nitrogens with zero attached hydrogens (tertiary/aromatic N) is 3. The molecule has 0 aromatic carbocycles. The van der Waals surface area contributed by atoms with Crippen LogP contribution < -0.4 is 10.2 Å². The molecule has 0 aliphatic carbocycles. The Balaban J connectivity index is 2.08. The molecule has 0 atom stereocenters. The van der Waals surface area contributed by atoms with E-state index < -0.39 is 0 Å². The summed E-state index contributed by atoms with van der Waals surface area (Å²) in [6.07, 6.45) is 3.03. The second kappa shape index (κ2) is 5.78. The molecule has 0 saturated carbocycles. The van der Waals surface area contributed by atoms with Crippen LogP contribution in [0.4, 0.5) is 11.8 Å². The Bertz CT molecular complexity index is 394.